The fourth-order valence-corrected chi connectivity index (χ4v) is 4.91. The lowest BCUT2D eigenvalue weighted by Gasteiger charge is -2.15. The molecule has 3 nitrogen and oxygen atoms in total. The number of rotatable bonds is 3. The Balaban J connectivity index is 1.91. The summed E-state index contributed by atoms with van der Waals surface area (Å²) >= 11 is 9.32. The lowest BCUT2D eigenvalue weighted by atomic mass is 10.1. The molecular weight excluding hydrogens is 374 g/mol. The number of hydrogen-bond acceptors (Lipinski definition) is 2. The molecular formula is C15H13BrClNO2S. The van der Waals surface area contributed by atoms with E-state index in [1.165, 1.54) is 11.6 Å². The van der Waals surface area contributed by atoms with Gasteiger partial charge in [-0.3, -0.25) is 0 Å². The second-order valence-electron chi connectivity index (χ2n) is 4.99. The number of nitrogens with one attached hydrogen (secondary N) is 1. The van der Waals surface area contributed by atoms with Crippen molar-refractivity contribution >= 4 is 37.6 Å². The molecule has 110 valence electrons. The molecule has 1 aliphatic carbocycles. The fraction of sp³-hybridized carbons (Fsp3) is 0.200. The summed E-state index contributed by atoms with van der Waals surface area (Å²) in [4.78, 5) is 0.108. The lowest BCUT2D eigenvalue weighted by Crippen LogP contribution is -2.27. The molecule has 2 aromatic rings. The van der Waals surface area contributed by atoms with Crippen molar-refractivity contribution in [3.63, 3.8) is 0 Å². The minimum absolute atomic E-state index is 0.108. The normalized spacial score (nSPS) is 17.7. The third-order valence-electron chi connectivity index (χ3n) is 3.61. The summed E-state index contributed by atoms with van der Waals surface area (Å²) in [7, 11) is -3.64. The van der Waals surface area contributed by atoms with Crippen molar-refractivity contribution in [3.05, 3.63) is 63.1 Å². The van der Waals surface area contributed by atoms with Crippen LogP contribution in [-0.2, 0) is 16.4 Å². The van der Waals surface area contributed by atoms with Gasteiger partial charge in [-0.25, -0.2) is 13.1 Å². The number of benzene rings is 2. The molecule has 0 saturated carbocycles. The maximum atomic E-state index is 12.5. The highest BCUT2D eigenvalue weighted by Gasteiger charge is 2.28. The molecule has 0 saturated heterocycles. The molecule has 0 unspecified atom stereocenters. The average molecular weight is 387 g/mol. The van der Waals surface area contributed by atoms with Crippen molar-refractivity contribution < 1.29 is 8.42 Å². The van der Waals surface area contributed by atoms with Gasteiger partial charge in [0.1, 0.15) is 4.90 Å². The zero-order valence-corrected chi connectivity index (χ0v) is 14.2. The summed E-state index contributed by atoms with van der Waals surface area (Å²) in [6, 6.07) is 12.5. The number of fused-ring (bicyclic) bond motifs is 1. The number of sulfonamides is 1. The van der Waals surface area contributed by atoms with Crippen LogP contribution in [0.1, 0.15) is 23.6 Å². The van der Waals surface area contributed by atoms with E-state index < -0.39 is 10.0 Å². The standard InChI is InChI=1S/C15H13BrClNO2S/c16-11-6-8-15(13(17)9-11)21(19,20)18-14-7-5-10-3-1-2-4-12(10)14/h1-4,6,8-9,14,18H,5,7H2/t14-/m0/s1. The molecule has 21 heavy (non-hydrogen) atoms. The largest absolute Gasteiger partial charge is 0.242 e. The summed E-state index contributed by atoms with van der Waals surface area (Å²) in [5.74, 6) is 0. The van der Waals surface area contributed by atoms with Gasteiger partial charge in [-0.15, -0.1) is 0 Å². The van der Waals surface area contributed by atoms with Gasteiger partial charge in [-0.1, -0.05) is 51.8 Å². The highest BCUT2D eigenvalue weighted by atomic mass is 79.9. The predicted octanol–water partition coefficient (Wildman–Crippen LogP) is 4.07. The van der Waals surface area contributed by atoms with E-state index in [4.69, 9.17) is 11.6 Å². The predicted molar refractivity (Wildman–Crippen MR) is 87.0 cm³/mol. The molecule has 0 aliphatic heterocycles. The summed E-state index contributed by atoms with van der Waals surface area (Å²) in [6.45, 7) is 0. The van der Waals surface area contributed by atoms with Crippen LogP contribution in [0.15, 0.2) is 51.8 Å². The second kappa shape index (κ2) is 5.72. The molecule has 0 fully saturated rings. The second-order valence-corrected chi connectivity index (χ2v) is 7.99. The third-order valence-corrected chi connectivity index (χ3v) is 6.06. The van der Waals surface area contributed by atoms with Crippen LogP contribution in [0.2, 0.25) is 5.02 Å². The lowest BCUT2D eigenvalue weighted by molar-refractivity contribution is 0.554. The Morgan fingerprint density at radius 2 is 1.95 bits per heavy atom. The van der Waals surface area contributed by atoms with Gasteiger partial charge in [0.2, 0.25) is 10.0 Å². The van der Waals surface area contributed by atoms with Crippen LogP contribution in [0.5, 0.6) is 0 Å². The van der Waals surface area contributed by atoms with E-state index in [1.54, 1.807) is 12.1 Å². The maximum absolute atomic E-state index is 12.5. The maximum Gasteiger partial charge on any atom is 0.242 e. The Morgan fingerprint density at radius 1 is 1.19 bits per heavy atom. The van der Waals surface area contributed by atoms with Crippen LogP contribution in [0.3, 0.4) is 0 Å². The molecule has 2 aromatic carbocycles. The molecule has 3 rings (SSSR count). The van der Waals surface area contributed by atoms with Crippen LogP contribution in [-0.4, -0.2) is 8.42 Å². The SMILES string of the molecule is O=S(=O)(N[C@H]1CCc2ccccc21)c1ccc(Br)cc1Cl. The highest BCUT2D eigenvalue weighted by Crippen LogP contribution is 2.33. The first-order chi connectivity index (χ1) is 9.97. The number of hydrogen-bond donors (Lipinski definition) is 1. The van der Waals surface area contributed by atoms with E-state index >= 15 is 0 Å². The number of halogens is 2. The van der Waals surface area contributed by atoms with Gasteiger partial charge in [-0.2, -0.15) is 0 Å². The molecule has 0 heterocycles. The molecule has 1 N–H and O–H groups in total. The molecule has 1 aliphatic rings. The summed E-state index contributed by atoms with van der Waals surface area (Å²) in [5, 5.41) is 0.211. The first kappa shape index (κ1) is 15.0. The summed E-state index contributed by atoms with van der Waals surface area (Å²) in [5.41, 5.74) is 2.25. The summed E-state index contributed by atoms with van der Waals surface area (Å²) < 4.78 is 28.5. The summed E-state index contributed by atoms with van der Waals surface area (Å²) in [6.07, 6.45) is 1.66. The van der Waals surface area contributed by atoms with Gasteiger partial charge < -0.3 is 0 Å². The zero-order chi connectivity index (χ0) is 15.0. The van der Waals surface area contributed by atoms with Gasteiger partial charge >= 0.3 is 0 Å². The first-order valence-electron chi connectivity index (χ1n) is 6.52. The molecule has 0 radical (unpaired) electrons. The van der Waals surface area contributed by atoms with Gasteiger partial charge in [-0.05, 0) is 42.2 Å². The van der Waals surface area contributed by atoms with E-state index in [9.17, 15) is 8.42 Å². The van der Waals surface area contributed by atoms with Gasteiger partial charge in [0.05, 0.1) is 5.02 Å². The van der Waals surface area contributed by atoms with E-state index in [1.807, 2.05) is 24.3 Å². The highest BCUT2D eigenvalue weighted by molar-refractivity contribution is 9.10. The number of aryl methyl sites for hydroxylation is 1. The van der Waals surface area contributed by atoms with E-state index in [2.05, 4.69) is 20.7 Å². The van der Waals surface area contributed by atoms with Crippen molar-refractivity contribution in [1.29, 1.82) is 0 Å². The van der Waals surface area contributed by atoms with E-state index in [0.717, 1.165) is 22.9 Å². The zero-order valence-electron chi connectivity index (χ0n) is 11.0. The van der Waals surface area contributed by atoms with Crippen LogP contribution in [0, 0.1) is 0 Å². The van der Waals surface area contributed by atoms with E-state index in [0.29, 0.717) is 0 Å². The topological polar surface area (TPSA) is 46.2 Å². The van der Waals surface area contributed by atoms with Crippen LogP contribution < -0.4 is 4.72 Å². The van der Waals surface area contributed by atoms with Crippen molar-refractivity contribution in [1.82, 2.24) is 4.72 Å². The molecule has 0 bridgehead atoms. The van der Waals surface area contributed by atoms with Crippen molar-refractivity contribution in [3.8, 4) is 0 Å². The Morgan fingerprint density at radius 3 is 2.71 bits per heavy atom. The van der Waals surface area contributed by atoms with Gasteiger partial charge in [0, 0.05) is 10.5 Å². The Bertz CT molecular complexity index is 792. The van der Waals surface area contributed by atoms with Crippen molar-refractivity contribution in [2.45, 2.75) is 23.8 Å². The molecule has 0 amide bonds. The Hall–Kier alpha value is -0.880. The van der Waals surface area contributed by atoms with Crippen molar-refractivity contribution in [2.24, 2.45) is 0 Å². The molecule has 6 heteroatoms. The quantitative estimate of drug-likeness (QED) is 0.864. The fourth-order valence-electron chi connectivity index (χ4n) is 2.62. The minimum atomic E-state index is -3.64. The monoisotopic (exact) mass is 385 g/mol. The minimum Gasteiger partial charge on any atom is -0.207 e. The van der Waals surface area contributed by atoms with Crippen molar-refractivity contribution in [2.75, 3.05) is 0 Å². The third kappa shape index (κ3) is 3.01. The Labute approximate surface area is 137 Å². The molecule has 1 atom stereocenters. The van der Waals surface area contributed by atoms with Crippen LogP contribution in [0.25, 0.3) is 0 Å². The molecule has 0 spiro atoms. The van der Waals surface area contributed by atoms with Gasteiger partial charge in [0.25, 0.3) is 0 Å². The van der Waals surface area contributed by atoms with Crippen LogP contribution >= 0.6 is 27.5 Å². The first-order valence-corrected chi connectivity index (χ1v) is 9.18. The molecule has 0 aromatic heterocycles. The smallest absolute Gasteiger partial charge is 0.207 e. The average Bonchev–Trinajstić information content (AvgIpc) is 2.81. The van der Waals surface area contributed by atoms with Crippen LogP contribution in [0.4, 0.5) is 0 Å². The van der Waals surface area contributed by atoms with Gasteiger partial charge in [0.15, 0.2) is 0 Å². The Kier molecular flexibility index (Phi) is 4.10. The van der Waals surface area contributed by atoms with E-state index in [-0.39, 0.29) is 16.0 Å².